The van der Waals surface area contributed by atoms with Gasteiger partial charge in [-0.3, -0.25) is 0 Å². The predicted molar refractivity (Wildman–Crippen MR) is 86.1 cm³/mol. The Morgan fingerprint density at radius 2 is 1.48 bits per heavy atom. The van der Waals surface area contributed by atoms with E-state index < -0.39 is 0 Å². The van der Waals surface area contributed by atoms with Gasteiger partial charge in [-0.2, -0.15) is 18.2 Å². The van der Waals surface area contributed by atoms with Crippen molar-refractivity contribution in [1.82, 2.24) is 0 Å². The molecule has 4 rings (SSSR count). The fourth-order valence-electron chi connectivity index (χ4n) is 2.35. The molecule has 1 aromatic carbocycles. The average Bonchev–Trinajstić information content (AvgIpc) is 3.22. The maximum absolute atomic E-state index is 2.18. The minimum atomic E-state index is 0. The van der Waals surface area contributed by atoms with Crippen LogP contribution in [0.1, 0.15) is 0 Å². The van der Waals surface area contributed by atoms with Crippen LogP contribution in [0, 0.1) is 5.92 Å². The molecule has 0 aromatic heterocycles. The second-order valence-electron chi connectivity index (χ2n) is 4.66. The van der Waals surface area contributed by atoms with Crippen molar-refractivity contribution in [3.63, 3.8) is 0 Å². The summed E-state index contributed by atoms with van der Waals surface area (Å²) in [5.74, 6) is 1.33. The van der Waals surface area contributed by atoms with Gasteiger partial charge in [0.1, 0.15) is 0 Å². The van der Waals surface area contributed by atoms with Gasteiger partial charge in [0.05, 0.1) is 0 Å². The van der Waals surface area contributed by atoms with E-state index in [0.717, 1.165) is 0 Å². The van der Waals surface area contributed by atoms with Gasteiger partial charge in [-0.15, -0.1) is 48.1 Å². The van der Waals surface area contributed by atoms with Crippen molar-refractivity contribution in [2.24, 2.45) is 0 Å². The molecule has 0 fully saturated rings. The van der Waals surface area contributed by atoms with Gasteiger partial charge in [-0.25, -0.2) is 12.1 Å². The molecule has 3 aliphatic carbocycles. The smallest absolute Gasteiger partial charge is 0.214 e. The van der Waals surface area contributed by atoms with Crippen LogP contribution in [0.4, 0.5) is 0 Å². The van der Waals surface area contributed by atoms with Gasteiger partial charge in [0, 0.05) is 0 Å². The molecule has 104 valence electrons. The van der Waals surface area contributed by atoms with Gasteiger partial charge in [-0.05, 0) is 0 Å². The summed E-state index contributed by atoms with van der Waals surface area (Å²) in [6.07, 6.45) is 23.4. The van der Waals surface area contributed by atoms with Crippen molar-refractivity contribution in [3.8, 4) is 0 Å². The molecule has 0 heterocycles. The zero-order chi connectivity index (χ0) is 13.6. The first-order valence-corrected chi connectivity index (χ1v) is 6.82. The Morgan fingerprint density at radius 3 is 2.14 bits per heavy atom. The summed E-state index contributed by atoms with van der Waals surface area (Å²) in [5, 5.41) is 0. The van der Waals surface area contributed by atoms with Crippen LogP contribution >= 0.6 is 0 Å². The van der Waals surface area contributed by atoms with Crippen molar-refractivity contribution in [2.45, 2.75) is 0 Å². The van der Waals surface area contributed by atoms with Gasteiger partial charge in [-0.1, -0.05) is 41.4 Å². The Kier molecular flexibility index (Phi) is 5.57. The minimum absolute atomic E-state index is 0. The van der Waals surface area contributed by atoms with E-state index in [-0.39, 0.29) is 17.1 Å². The number of hydrogen-bond donors (Lipinski definition) is 0. The van der Waals surface area contributed by atoms with Gasteiger partial charge in [0.15, 0.2) is 0 Å². The summed E-state index contributed by atoms with van der Waals surface area (Å²) < 4.78 is 0. The van der Waals surface area contributed by atoms with E-state index >= 15 is 0 Å². The van der Waals surface area contributed by atoms with Gasteiger partial charge < -0.3 is 0 Å². The molecular formula is C20H16Fe. The number of hydrogen-bond acceptors (Lipinski definition) is 0. The van der Waals surface area contributed by atoms with Crippen molar-refractivity contribution in [1.29, 1.82) is 0 Å². The van der Waals surface area contributed by atoms with Crippen molar-refractivity contribution in [2.75, 3.05) is 0 Å². The molecular weight excluding hydrogens is 296 g/mol. The zero-order valence-electron chi connectivity index (χ0n) is 11.6. The molecule has 0 saturated carbocycles. The van der Waals surface area contributed by atoms with E-state index in [1.807, 2.05) is 30.3 Å². The Hall–Kier alpha value is -2.08. The second kappa shape index (κ2) is 7.64. The van der Waals surface area contributed by atoms with E-state index in [4.69, 9.17) is 0 Å². The van der Waals surface area contributed by atoms with Gasteiger partial charge in [0.25, 0.3) is 0 Å². The van der Waals surface area contributed by atoms with E-state index in [0.29, 0.717) is 0 Å². The van der Waals surface area contributed by atoms with Crippen LogP contribution in [-0.2, 0) is 17.1 Å². The molecule has 0 amide bonds. The first-order chi connectivity index (χ1) is 9.95. The van der Waals surface area contributed by atoms with Crippen LogP contribution in [0.15, 0.2) is 114 Å². The SMILES string of the molecule is C1=CC2=CC=CC(=C3C=CC=C3)[C-]2C=C1.[Fe+2].c1cc[cH-]c1. The largest absolute Gasteiger partial charge is 2.00 e. The third-order valence-electron chi connectivity index (χ3n) is 3.32. The molecule has 3 aliphatic rings. The molecule has 0 radical (unpaired) electrons. The number of fused-ring (bicyclic) bond motifs is 1. The standard InChI is InChI=1S/C15H11.C5H5.Fe/c1-2-7-12(6-1)15-11-5-9-13-8-3-4-10-14(13)15;1-2-4-5-3-1;/h1-11H;1-5H;/q2*-1;+2. The quantitative estimate of drug-likeness (QED) is 0.467. The third kappa shape index (κ3) is 3.72. The van der Waals surface area contributed by atoms with Crippen LogP contribution in [0.3, 0.4) is 0 Å². The Bertz CT molecular complexity index is 627. The van der Waals surface area contributed by atoms with Crippen LogP contribution in [0.2, 0.25) is 0 Å². The normalized spacial score (nSPS) is 17.1. The second-order valence-corrected chi connectivity index (χ2v) is 4.66. The molecule has 0 nitrogen and oxygen atoms in total. The maximum atomic E-state index is 2.18. The van der Waals surface area contributed by atoms with Crippen LogP contribution in [-0.4, -0.2) is 0 Å². The predicted octanol–water partition coefficient (Wildman–Crippen LogP) is 5.01. The first kappa shape index (κ1) is 15.3. The van der Waals surface area contributed by atoms with E-state index in [9.17, 15) is 0 Å². The molecule has 1 heteroatoms. The number of rotatable bonds is 0. The summed E-state index contributed by atoms with van der Waals surface area (Å²) in [4.78, 5) is 0. The van der Waals surface area contributed by atoms with Crippen molar-refractivity contribution in [3.05, 3.63) is 120 Å². The Morgan fingerprint density at radius 1 is 0.762 bits per heavy atom. The first-order valence-electron chi connectivity index (χ1n) is 6.82. The molecule has 0 unspecified atom stereocenters. The van der Waals surface area contributed by atoms with E-state index in [1.165, 1.54) is 22.6 Å². The minimum Gasteiger partial charge on any atom is -0.214 e. The summed E-state index contributed by atoms with van der Waals surface area (Å²) in [7, 11) is 0. The molecule has 0 saturated heterocycles. The number of allylic oxidation sites excluding steroid dienone is 14. The zero-order valence-corrected chi connectivity index (χ0v) is 12.7. The molecule has 21 heavy (non-hydrogen) atoms. The fraction of sp³-hybridized carbons (Fsp3) is 0. The van der Waals surface area contributed by atoms with E-state index in [2.05, 4.69) is 66.8 Å². The topological polar surface area (TPSA) is 0 Å². The van der Waals surface area contributed by atoms with Crippen molar-refractivity contribution < 1.29 is 17.1 Å². The summed E-state index contributed by atoms with van der Waals surface area (Å²) >= 11 is 0. The molecule has 0 bridgehead atoms. The summed E-state index contributed by atoms with van der Waals surface area (Å²) in [5.41, 5.74) is 3.92. The molecule has 1 aromatic rings. The monoisotopic (exact) mass is 312 g/mol. The fourth-order valence-corrected chi connectivity index (χ4v) is 2.35. The van der Waals surface area contributed by atoms with Gasteiger partial charge >= 0.3 is 17.1 Å². The van der Waals surface area contributed by atoms with E-state index in [1.54, 1.807) is 0 Å². The Balaban J connectivity index is 0.000000231. The van der Waals surface area contributed by atoms with Crippen LogP contribution < -0.4 is 0 Å². The Labute approximate surface area is 137 Å². The van der Waals surface area contributed by atoms with Crippen LogP contribution in [0.25, 0.3) is 0 Å². The third-order valence-corrected chi connectivity index (χ3v) is 3.32. The molecule has 0 N–H and O–H groups in total. The van der Waals surface area contributed by atoms with Crippen molar-refractivity contribution >= 4 is 0 Å². The average molecular weight is 312 g/mol. The maximum Gasteiger partial charge on any atom is 2.00 e. The summed E-state index contributed by atoms with van der Waals surface area (Å²) in [6.45, 7) is 0. The molecule has 0 atom stereocenters. The molecule has 0 spiro atoms. The van der Waals surface area contributed by atoms with Gasteiger partial charge in [0.2, 0.25) is 0 Å². The van der Waals surface area contributed by atoms with Crippen LogP contribution in [0.5, 0.6) is 0 Å². The molecule has 0 aliphatic heterocycles. The summed E-state index contributed by atoms with van der Waals surface area (Å²) in [6, 6.07) is 10.0.